The van der Waals surface area contributed by atoms with Crippen LogP contribution in [0.15, 0.2) is 0 Å². The van der Waals surface area contributed by atoms with Crippen molar-refractivity contribution in [2.45, 2.75) is 47.0 Å². The third-order valence-electron chi connectivity index (χ3n) is 2.81. The van der Waals surface area contributed by atoms with E-state index in [2.05, 4.69) is 0 Å². The summed E-state index contributed by atoms with van der Waals surface area (Å²) in [5, 5.41) is 0. The van der Waals surface area contributed by atoms with Crippen LogP contribution in [0.5, 0.6) is 0 Å². The standard InChI is InChI=1S/C14H24O6/c1-5-6-7-14(8-18-11(2)15,9-19-12(3)16)10-20-13(4)17/h5-10H2,1-4H3. The van der Waals surface area contributed by atoms with Crippen LogP contribution >= 0.6 is 0 Å². The van der Waals surface area contributed by atoms with E-state index in [0.717, 1.165) is 12.8 Å². The van der Waals surface area contributed by atoms with Crippen LogP contribution < -0.4 is 0 Å². The van der Waals surface area contributed by atoms with Crippen LogP contribution in [0.4, 0.5) is 0 Å². The van der Waals surface area contributed by atoms with E-state index >= 15 is 0 Å². The summed E-state index contributed by atoms with van der Waals surface area (Å²) in [6.07, 6.45) is 2.42. The Morgan fingerprint density at radius 3 is 1.40 bits per heavy atom. The first-order valence-corrected chi connectivity index (χ1v) is 6.71. The molecule has 0 atom stereocenters. The molecule has 0 heterocycles. The smallest absolute Gasteiger partial charge is 0.302 e. The lowest BCUT2D eigenvalue weighted by Crippen LogP contribution is -2.39. The van der Waals surface area contributed by atoms with Crippen molar-refractivity contribution in [2.75, 3.05) is 19.8 Å². The number of carbonyl (C=O) groups excluding carboxylic acids is 3. The molecule has 6 nitrogen and oxygen atoms in total. The van der Waals surface area contributed by atoms with Crippen molar-refractivity contribution in [3.05, 3.63) is 0 Å². The molecule has 0 aromatic rings. The molecule has 6 heteroatoms. The fourth-order valence-electron chi connectivity index (χ4n) is 1.66. The van der Waals surface area contributed by atoms with Gasteiger partial charge < -0.3 is 14.2 Å². The number of rotatable bonds is 9. The Labute approximate surface area is 119 Å². The maximum absolute atomic E-state index is 11.0. The number of hydrogen-bond donors (Lipinski definition) is 0. The van der Waals surface area contributed by atoms with Gasteiger partial charge in [-0.05, 0) is 6.42 Å². The molecule has 0 aromatic heterocycles. The molecule has 0 saturated heterocycles. The monoisotopic (exact) mass is 288 g/mol. The normalized spacial score (nSPS) is 10.8. The SMILES string of the molecule is CCCCC(COC(C)=O)(COC(C)=O)COC(C)=O. The van der Waals surface area contributed by atoms with Crippen LogP contribution in [0, 0.1) is 5.41 Å². The van der Waals surface area contributed by atoms with Gasteiger partial charge in [-0.25, -0.2) is 0 Å². The highest BCUT2D eigenvalue weighted by atomic mass is 16.6. The van der Waals surface area contributed by atoms with Crippen LogP contribution in [-0.4, -0.2) is 37.7 Å². The maximum Gasteiger partial charge on any atom is 0.302 e. The largest absolute Gasteiger partial charge is 0.465 e. The van der Waals surface area contributed by atoms with E-state index in [1.165, 1.54) is 20.8 Å². The predicted octanol–water partition coefficient (Wildman–Crippen LogP) is 1.85. The van der Waals surface area contributed by atoms with Gasteiger partial charge in [-0.1, -0.05) is 19.8 Å². The first-order chi connectivity index (χ1) is 9.31. The average molecular weight is 288 g/mol. The average Bonchev–Trinajstić information content (AvgIpc) is 2.36. The number of esters is 3. The summed E-state index contributed by atoms with van der Waals surface area (Å²) < 4.78 is 15.1. The predicted molar refractivity (Wildman–Crippen MR) is 71.9 cm³/mol. The van der Waals surface area contributed by atoms with Gasteiger partial charge in [-0.2, -0.15) is 0 Å². The molecule has 0 aromatic carbocycles. The minimum Gasteiger partial charge on any atom is -0.465 e. The number of carbonyl (C=O) groups is 3. The molecular weight excluding hydrogens is 264 g/mol. The lowest BCUT2D eigenvalue weighted by molar-refractivity contribution is -0.159. The molecule has 20 heavy (non-hydrogen) atoms. The molecule has 0 saturated carbocycles. The van der Waals surface area contributed by atoms with Crippen molar-refractivity contribution in [1.29, 1.82) is 0 Å². The summed E-state index contributed by atoms with van der Waals surface area (Å²) in [5.41, 5.74) is -0.682. The number of unbranched alkanes of at least 4 members (excludes halogenated alkanes) is 1. The van der Waals surface area contributed by atoms with Crippen molar-refractivity contribution >= 4 is 17.9 Å². The zero-order chi connectivity index (χ0) is 15.6. The Bertz CT molecular complexity index is 291. The molecular formula is C14H24O6. The highest BCUT2D eigenvalue weighted by Crippen LogP contribution is 2.27. The third kappa shape index (κ3) is 8.50. The van der Waals surface area contributed by atoms with E-state index in [-0.39, 0.29) is 19.8 Å². The van der Waals surface area contributed by atoms with Gasteiger partial charge in [-0.3, -0.25) is 14.4 Å². The Hall–Kier alpha value is -1.59. The molecule has 0 N–H and O–H groups in total. The molecule has 0 aliphatic rings. The fraction of sp³-hybridized carbons (Fsp3) is 0.786. The Balaban J connectivity index is 4.87. The second-order valence-corrected chi connectivity index (χ2v) is 4.94. The molecule has 0 amide bonds. The second kappa shape index (κ2) is 9.34. The topological polar surface area (TPSA) is 78.9 Å². The Morgan fingerprint density at radius 1 is 0.800 bits per heavy atom. The lowest BCUT2D eigenvalue weighted by Gasteiger charge is -2.31. The van der Waals surface area contributed by atoms with Crippen molar-refractivity contribution < 1.29 is 28.6 Å². The first kappa shape index (κ1) is 18.4. The van der Waals surface area contributed by atoms with Crippen molar-refractivity contribution in [2.24, 2.45) is 5.41 Å². The summed E-state index contributed by atoms with van der Waals surface area (Å²) in [7, 11) is 0. The number of hydrogen-bond acceptors (Lipinski definition) is 6. The first-order valence-electron chi connectivity index (χ1n) is 6.71. The van der Waals surface area contributed by atoms with E-state index in [1.807, 2.05) is 6.92 Å². The molecule has 0 aliphatic heterocycles. The molecule has 0 bridgehead atoms. The van der Waals surface area contributed by atoms with E-state index in [9.17, 15) is 14.4 Å². The van der Waals surface area contributed by atoms with Gasteiger partial charge in [0.2, 0.25) is 0 Å². The molecule has 0 unspecified atom stereocenters. The quantitative estimate of drug-likeness (QED) is 0.476. The van der Waals surface area contributed by atoms with Gasteiger partial charge in [-0.15, -0.1) is 0 Å². The summed E-state index contributed by atoms with van der Waals surface area (Å²) in [5.74, 6) is -1.26. The fourth-order valence-corrected chi connectivity index (χ4v) is 1.66. The van der Waals surface area contributed by atoms with Crippen LogP contribution in [-0.2, 0) is 28.6 Å². The van der Waals surface area contributed by atoms with Gasteiger partial charge in [0.05, 0.1) is 5.41 Å². The Morgan fingerprint density at radius 2 is 1.15 bits per heavy atom. The van der Waals surface area contributed by atoms with Gasteiger partial charge in [0.15, 0.2) is 0 Å². The van der Waals surface area contributed by atoms with Gasteiger partial charge in [0.1, 0.15) is 19.8 Å². The molecule has 0 aliphatic carbocycles. The second-order valence-electron chi connectivity index (χ2n) is 4.94. The lowest BCUT2D eigenvalue weighted by atomic mass is 9.85. The van der Waals surface area contributed by atoms with Crippen LogP contribution in [0.2, 0.25) is 0 Å². The highest BCUT2D eigenvalue weighted by molar-refractivity contribution is 5.67. The Kier molecular flexibility index (Phi) is 8.59. The van der Waals surface area contributed by atoms with Crippen molar-refractivity contribution in [3.8, 4) is 0 Å². The van der Waals surface area contributed by atoms with Gasteiger partial charge in [0.25, 0.3) is 0 Å². The summed E-state index contributed by atoms with van der Waals surface area (Å²) in [6, 6.07) is 0. The van der Waals surface area contributed by atoms with Crippen LogP contribution in [0.25, 0.3) is 0 Å². The van der Waals surface area contributed by atoms with Crippen LogP contribution in [0.3, 0.4) is 0 Å². The van der Waals surface area contributed by atoms with Crippen molar-refractivity contribution in [1.82, 2.24) is 0 Å². The zero-order valence-electron chi connectivity index (χ0n) is 12.7. The molecule has 116 valence electrons. The summed E-state index contributed by atoms with van der Waals surface area (Å²) in [4.78, 5) is 33.0. The molecule has 0 rings (SSSR count). The minimum atomic E-state index is -0.682. The van der Waals surface area contributed by atoms with E-state index in [1.54, 1.807) is 0 Å². The number of ether oxygens (including phenoxy) is 3. The molecule has 0 fully saturated rings. The minimum absolute atomic E-state index is 0.0584. The van der Waals surface area contributed by atoms with Crippen LogP contribution in [0.1, 0.15) is 47.0 Å². The van der Waals surface area contributed by atoms with Crippen molar-refractivity contribution in [3.63, 3.8) is 0 Å². The molecule has 0 radical (unpaired) electrons. The molecule has 0 spiro atoms. The third-order valence-corrected chi connectivity index (χ3v) is 2.81. The summed E-state index contributed by atoms with van der Waals surface area (Å²) >= 11 is 0. The van der Waals surface area contributed by atoms with E-state index < -0.39 is 23.3 Å². The zero-order valence-corrected chi connectivity index (χ0v) is 12.7. The van der Waals surface area contributed by atoms with Gasteiger partial charge in [0, 0.05) is 20.8 Å². The van der Waals surface area contributed by atoms with Gasteiger partial charge >= 0.3 is 17.9 Å². The van der Waals surface area contributed by atoms with E-state index in [4.69, 9.17) is 14.2 Å². The summed E-state index contributed by atoms with van der Waals surface area (Å²) in [6.45, 7) is 6.12. The van der Waals surface area contributed by atoms with E-state index in [0.29, 0.717) is 6.42 Å². The maximum atomic E-state index is 11.0. The highest BCUT2D eigenvalue weighted by Gasteiger charge is 2.34.